The molecule has 1 aliphatic rings. The largest absolute Gasteiger partial charge is 0.497 e. The Labute approximate surface area is 84.8 Å². The van der Waals surface area contributed by atoms with Crippen LogP contribution < -0.4 is 9.47 Å². The summed E-state index contributed by atoms with van der Waals surface area (Å²) in [5.41, 5.74) is 1.23. The Morgan fingerprint density at radius 1 is 1.36 bits per heavy atom. The molecule has 0 radical (unpaired) electrons. The summed E-state index contributed by atoms with van der Waals surface area (Å²) in [7, 11) is 1.69. The van der Waals surface area contributed by atoms with E-state index < -0.39 is 0 Å². The Morgan fingerprint density at radius 3 is 2.86 bits per heavy atom. The van der Waals surface area contributed by atoms with Gasteiger partial charge in [-0.3, -0.25) is 0 Å². The van der Waals surface area contributed by atoms with Crippen LogP contribution in [-0.2, 0) is 6.42 Å². The van der Waals surface area contributed by atoms with Crippen molar-refractivity contribution in [3.05, 3.63) is 23.8 Å². The molecule has 0 unspecified atom stereocenters. The van der Waals surface area contributed by atoms with Crippen LogP contribution in [-0.4, -0.2) is 12.7 Å². The third kappa shape index (κ3) is 1.69. The molecule has 1 aromatic carbocycles. The lowest BCUT2D eigenvalue weighted by Crippen LogP contribution is -2.32. The number of aryl methyl sites for hydroxylation is 1. The van der Waals surface area contributed by atoms with Crippen LogP contribution in [0.4, 0.5) is 0 Å². The van der Waals surface area contributed by atoms with Gasteiger partial charge < -0.3 is 9.47 Å². The van der Waals surface area contributed by atoms with Crippen LogP contribution in [0.25, 0.3) is 0 Å². The summed E-state index contributed by atoms with van der Waals surface area (Å²) in [6, 6.07) is 6.00. The molecular weight excluding hydrogens is 176 g/mol. The maximum atomic E-state index is 5.86. The average molecular weight is 192 g/mol. The van der Waals surface area contributed by atoms with E-state index >= 15 is 0 Å². The van der Waals surface area contributed by atoms with Crippen LogP contribution in [0.15, 0.2) is 18.2 Å². The molecule has 0 spiro atoms. The predicted octanol–water partition coefficient (Wildman–Crippen LogP) is 2.80. The Morgan fingerprint density at radius 2 is 2.14 bits per heavy atom. The van der Waals surface area contributed by atoms with Gasteiger partial charge in [-0.25, -0.2) is 0 Å². The van der Waals surface area contributed by atoms with E-state index in [0.29, 0.717) is 0 Å². The summed E-state index contributed by atoms with van der Waals surface area (Å²) in [6.07, 6.45) is 2.13. The monoisotopic (exact) mass is 192 g/mol. The van der Waals surface area contributed by atoms with Crippen molar-refractivity contribution in [3.63, 3.8) is 0 Å². The molecule has 1 aromatic rings. The summed E-state index contributed by atoms with van der Waals surface area (Å²) in [6.45, 7) is 4.25. The first-order valence-corrected chi connectivity index (χ1v) is 4.97. The third-order valence-corrected chi connectivity index (χ3v) is 2.65. The Bertz CT molecular complexity index is 342. The number of fused-ring (bicyclic) bond motifs is 1. The topological polar surface area (TPSA) is 18.5 Å². The van der Waals surface area contributed by atoms with Gasteiger partial charge in [0.05, 0.1) is 7.11 Å². The minimum Gasteiger partial charge on any atom is -0.497 e. The van der Waals surface area contributed by atoms with E-state index in [4.69, 9.17) is 9.47 Å². The second-order valence-corrected chi connectivity index (χ2v) is 4.34. The first-order valence-electron chi connectivity index (χ1n) is 4.97. The molecule has 0 atom stereocenters. The van der Waals surface area contributed by atoms with Crippen LogP contribution in [0.3, 0.4) is 0 Å². The normalized spacial score (nSPS) is 18.2. The van der Waals surface area contributed by atoms with Crippen molar-refractivity contribution in [1.82, 2.24) is 0 Å². The van der Waals surface area contributed by atoms with Crippen LogP contribution in [0, 0.1) is 0 Å². The van der Waals surface area contributed by atoms with E-state index in [1.54, 1.807) is 7.11 Å². The number of benzene rings is 1. The Balaban J connectivity index is 2.32. The highest BCUT2D eigenvalue weighted by Crippen LogP contribution is 2.34. The van der Waals surface area contributed by atoms with Crippen molar-refractivity contribution in [2.75, 3.05) is 7.11 Å². The fraction of sp³-hybridized carbons (Fsp3) is 0.500. The number of hydrogen-bond donors (Lipinski definition) is 0. The molecule has 0 N–H and O–H groups in total. The fourth-order valence-corrected chi connectivity index (χ4v) is 1.76. The zero-order valence-corrected chi connectivity index (χ0v) is 8.96. The second-order valence-electron chi connectivity index (χ2n) is 4.34. The molecule has 0 aliphatic carbocycles. The van der Waals surface area contributed by atoms with Gasteiger partial charge in [-0.15, -0.1) is 0 Å². The number of hydrogen-bond acceptors (Lipinski definition) is 2. The van der Waals surface area contributed by atoms with Crippen molar-refractivity contribution in [2.45, 2.75) is 32.3 Å². The molecule has 0 fully saturated rings. The zero-order valence-electron chi connectivity index (χ0n) is 8.96. The summed E-state index contributed by atoms with van der Waals surface area (Å²) in [4.78, 5) is 0. The van der Waals surface area contributed by atoms with E-state index in [0.717, 1.165) is 24.3 Å². The Hall–Kier alpha value is -1.18. The number of methoxy groups -OCH3 is 1. The average Bonchev–Trinajstić information content (AvgIpc) is 2.16. The van der Waals surface area contributed by atoms with Gasteiger partial charge >= 0.3 is 0 Å². The van der Waals surface area contributed by atoms with Crippen molar-refractivity contribution < 1.29 is 9.47 Å². The minimum absolute atomic E-state index is 0.0262. The van der Waals surface area contributed by atoms with Crippen LogP contribution >= 0.6 is 0 Å². The molecule has 76 valence electrons. The van der Waals surface area contributed by atoms with E-state index in [-0.39, 0.29) is 5.60 Å². The summed E-state index contributed by atoms with van der Waals surface area (Å²) in [5, 5.41) is 0. The Kier molecular flexibility index (Phi) is 2.14. The molecule has 1 heterocycles. The van der Waals surface area contributed by atoms with E-state index in [9.17, 15) is 0 Å². The van der Waals surface area contributed by atoms with Gasteiger partial charge in [-0.1, -0.05) is 0 Å². The van der Waals surface area contributed by atoms with Gasteiger partial charge in [0.1, 0.15) is 17.1 Å². The first kappa shape index (κ1) is 9.38. The third-order valence-electron chi connectivity index (χ3n) is 2.65. The number of rotatable bonds is 1. The van der Waals surface area contributed by atoms with Gasteiger partial charge in [0.25, 0.3) is 0 Å². The summed E-state index contributed by atoms with van der Waals surface area (Å²) in [5.74, 6) is 1.91. The van der Waals surface area contributed by atoms with Crippen molar-refractivity contribution in [1.29, 1.82) is 0 Å². The van der Waals surface area contributed by atoms with Crippen LogP contribution in [0.2, 0.25) is 0 Å². The summed E-state index contributed by atoms with van der Waals surface area (Å²) < 4.78 is 11.0. The van der Waals surface area contributed by atoms with E-state index in [2.05, 4.69) is 19.9 Å². The molecule has 0 amide bonds. The molecular formula is C12H16O2. The first-order chi connectivity index (χ1) is 6.61. The van der Waals surface area contributed by atoms with E-state index in [1.165, 1.54) is 5.56 Å². The van der Waals surface area contributed by atoms with Crippen molar-refractivity contribution in [2.24, 2.45) is 0 Å². The molecule has 0 saturated heterocycles. The highest BCUT2D eigenvalue weighted by Gasteiger charge is 2.26. The molecule has 2 rings (SSSR count). The number of ether oxygens (including phenoxy) is 2. The molecule has 0 saturated carbocycles. The highest BCUT2D eigenvalue weighted by atomic mass is 16.5. The van der Waals surface area contributed by atoms with Crippen molar-refractivity contribution >= 4 is 0 Å². The van der Waals surface area contributed by atoms with Crippen LogP contribution in [0.5, 0.6) is 11.5 Å². The molecule has 2 heteroatoms. The van der Waals surface area contributed by atoms with Gasteiger partial charge in [0.2, 0.25) is 0 Å². The fourth-order valence-electron chi connectivity index (χ4n) is 1.76. The standard InChI is InChI=1S/C12H16O2/c1-12(2)7-6-9-8-10(13-3)4-5-11(9)14-12/h4-5,8H,6-7H2,1-3H3. The zero-order chi connectivity index (χ0) is 10.2. The van der Waals surface area contributed by atoms with Gasteiger partial charge in [0, 0.05) is 0 Å². The smallest absolute Gasteiger partial charge is 0.123 e. The highest BCUT2D eigenvalue weighted by molar-refractivity contribution is 5.42. The second kappa shape index (κ2) is 3.19. The molecule has 1 aliphatic heterocycles. The molecule has 2 nitrogen and oxygen atoms in total. The lowest BCUT2D eigenvalue weighted by molar-refractivity contribution is 0.0845. The predicted molar refractivity (Wildman–Crippen MR) is 56.0 cm³/mol. The lowest BCUT2D eigenvalue weighted by atomic mass is 9.94. The van der Waals surface area contributed by atoms with Gasteiger partial charge in [-0.2, -0.15) is 0 Å². The summed E-state index contributed by atoms with van der Waals surface area (Å²) >= 11 is 0. The molecule has 0 aromatic heterocycles. The molecule has 0 bridgehead atoms. The lowest BCUT2D eigenvalue weighted by Gasteiger charge is -2.32. The maximum Gasteiger partial charge on any atom is 0.123 e. The maximum absolute atomic E-state index is 5.86. The SMILES string of the molecule is COc1ccc2c(c1)CCC(C)(C)O2. The van der Waals surface area contributed by atoms with Gasteiger partial charge in [-0.05, 0) is 50.5 Å². The van der Waals surface area contributed by atoms with Crippen molar-refractivity contribution in [3.8, 4) is 11.5 Å². The minimum atomic E-state index is -0.0262. The quantitative estimate of drug-likeness (QED) is 0.681. The van der Waals surface area contributed by atoms with Gasteiger partial charge in [0.15, 0.2) is 0 Å². The van der Waals surface area contributed by atoms with E-state index in [1.807, 2.05) is 12.1 Å². The molecule has 14 heavy (non-hydrogen) atoms. The van der Waals surface area contributed by atoms with Crippen LogP contribution in [0.1, 0.15) is 25.8 Å².